The van der Waals surface area contributed by atoms with E-state index < -0.39 is 0 Å². The van der Waals surface area contributed by atoms with Crippen molar-refractivity contribution >= 4 is 5.91 Å². The largest absolute Gasteiger partial charge is 0.319 e. The average Bonchev–Trinajstić information content (AvgIpc) is 2.34. The Hall–Kier alpha value is -0.790. The van der Waals surface area contributed by atoms with Gasteiger partial charge in [0, 0.05) is 12.5 Å². The highest BCUT2D eigenvalue weighted by Crippen LogP contribution is 2.22. The zero-order valence-electron chi connectivity index (χ0n) is 7.05. The van der Waals surface area contributed by atoms with Crippen LogP contribution < -0.4 is 0 Å². The highest BCUT2D eigenvalue weighted by Gasteiger charge is 2.28. The van der Waals surface area contributed by atoms with Crippen LogP contribution in [-0.4, -0.2) is 17.4 Å². The third-order valence-corrected chi connectivity index (χ3v) is 2.21. The Morgan fingerprint density at radius 1 is 1.82 bits per heavy atom. The molecule has 1 atom stereocenters. The molecular weight excluding hydrogens is 138 g/mol. The lowest BCUT2D eigenvalue weighted by molar-refractivity contribution is -0.128. The van der Waals surface area contributed by atoms with Gasteiger partial charge in [-0.3, -0.25) is 4.79 Å². The van der Waals surface area contributed by atoms with Crippen LogP contribution >= 0.6 is 0 Å². The van der Waals surface area contributed by atoms with Crippen LogP contribution in [-0.2, 0) is 4.79 Å². The van der Waals surface area contributed by atoms with E-state index in [2.05, 4.69) is 13.5 Å². The van der Waals surface area contributed by atoms with Crippen molar-refractivity contribution < 1.29 is 4.79 Å². The molecule has 0 aromatic heterocycles. The molecule has 1 saturated heterocycles. The molecule has 1 aliphatic heterocycles. The molecule has 0 spiro atoms. The number of hydrogen-bond acceptors (Lipinski definition) is 1. The monoisotopic (exact) mass is 153 g/mol. The van der Waals surface area contributed by atoms with Gasteiger partial charge >= 0.3 is 0 Å². The van der Waals surface area contributed by atoms with Crippen molar-refractivity contribution in [3.8, 4) is 0 Å². The van der Waals surface area contributed by atoms with E-state index in [0.29, 0.717) is 0 Å². The fraction of sp³-hybridized carbons (Fsp3) is 0.667. The van der Waals surface area contributed by atoms with Crippen molar-refractivity contribution in [3.05, 3.63) is 12.8 Å². The molecule has 1 aliphatic rings. The number of carbonyl (C=O) groups excluding carboxylic acids is 1. The number of amides is 1. The fourth-order valence-electron chi connectivity index (χ4n) is 1.56. The summed E-state index contributed by atoms with van der Waals surface area (Å²) in [6.07, 6.45) is 4.78. The molecule has 0 bridgehead atoms. The fourth-order valence-corrected chi connectivity index (χ4v) is 1.56. The van der Waals surface area contributed by atoms with E-state index in [9.17, 15) is 4.79 Å². The second-order valence-corrected chi connectivity index (χ2v) is 2.99. The van der Waals surface area contributed by atoms with Gasteiger partial charge in [-0.25, -0.2) is 0 Å². The molecule has 0 aromatic carbocycles. The number of rotatable bonds is 3. The van der Waals surface area contributed by atoms with Crippen LogP contribution in [0.25, 0.3) is 0 Å². The van der Waals surface area contributed by atoms with Crippen LogP contribution in [0.3, 0.4) is 0 Å². The molecule has 0 saturated carbocycles. The molecule has 1 fully saturated rings. The van der Waals surface area contributed by atoms with Gasteiger partial charge in [-0.1, -0.05) is 19.9 Å². The van der Waals surface area contributed by atoms with Crippen LogP contribution in [0.5, 0.6) is 0 Å². The first kappa shape index (κ1) is 8.31. The minimum Gasteiger partial charge on any atom is -0.319 e. The summed E-state index contributed by atoms with van der Waals surface area (Å²) in [4.78, 5) is 13.1. The van der Waals surface area contributed by atoms with Crippen molar-refractivity contribution in [1.29, 1.82) is 0 Å². The third kappa shape index (κ3) is 1.62. The molecule has 62 valence electrons. The van der Waals surface area contributed by atoms with Crippen molar-refractivity contribution in [1.82, 2.24) is 4.90 Å². The summed E-state index contributed by atoms with van der Waals surface area (Å²) in [7, 11) is 0. The van der Waals surface area contributed by atoms with Gasteiger partial charge in [-0.2, -0.15) is 0 Å². The third-order valence-electron chi connectivity index (χ3n) is 2.21. The first-order chi connectivity index (χ1) is 5.29. The second-order valence-electron chi connectivity index (χ2n) is 2.99. The number of hydrogen-bond donors (Lipinski definition) is 0. The average molecular weight is 153 g/mol. The molecule has 2 heteroatoms. The van der Waals surface area contributed by atoms with Gasteiger partial charge in [0.25, 0.3) is 0 Å². The van der Waals surface area contributed by atoms with Gasteiger partial charge in [0.2, 0.25) is 5.91 Å². The second kappa shape index (κ2) is 3.56. The molecule has 2 nitrogen and oxygen atoms in total. The number of carbonyl (C=O) groups is 1. The van der Waals surface area contributed by atoms with Gasteiger partial charge in [0.05, 0.1) is 0 Å². The molecule has 0 aliphatic carbocycles. The van der Waals surface area contributed by atoms with Gasteiger partial charge in [-0.05, 0) is 19.0 Å². The zero-order chi connectivity index (χ0) is 8.27. The van der Waals surface area contributed by atoms with Crippen LogP contribution in [0, 0.1) is 5.92 Å². The van der Waals surface area contributed by atoms with E-state index in [1.54, 1.807) is 11.1 Å². The minimum absolute atomic E-state index is 0.266. The van der Waals surface area contributed by atoms with Gasteiger partial charge in [0.15, 0.2) is 0 Å². The Balaban J connectivity index is 2.48. The summed E-state index contributed by atoms with van der Waals surface area (Å²) in [5.74, 6) is 0.542. The smallest absolute Gasteiger partial charge is 0.229 e. The topological polar surface area (TPSA) is 20.3 Å². The van der Waals surface area contributed by atoms with Gasteiger partial charge in [-0.15, -0.1) is 0 Å². The Kier molecular flexibility index (Phi) is 2.69. The lowest BCUT2D eigenvalue weighted by Crippen LogP contribution is -2.21. The predicted molar refractivity (Wildman–Crippen MR) is 44.9 cm³/mol. The van der Waals surface area contributed by atoms with E-state index in [-0.39, 0.29) is 11.8 Å². The number of likely N-dealkylation sites (tertiary alicyclic amines) is 1. The van der Waals surface area contributed by atoms with Crippen molar-refractivity contribution in [3.63, 3.8) is 0 Å². The van der Waals surface area contributed by atoms with Crippen molar-refractivity contribution in [2.75, 3.05) is 6.54 Å². The van der Waals surface area contributed by atoms with Crippen molar-refractivity contribution in [2.24, 2.45) is 5.92 Å². The van der Waals surface area contributed by atoms with E-state index in [1.807, 2.05) is 0 Å². The van der Waals surface area contributed by atoms with E-state index in [1.165, 1.54) is 0 Å². The summed E-state index contributed by atoms with van der Waals surface area (Å²) in [5.41, 5.74) is 0. The normalized spacial score (nSPS) is 24.3. The molecule has 0 N–H and O–H groups in total. The Labute approximate surface area is 67.9 Å². The quantitative estimate of drug-likeness (QED) is 0.605. The minimum atomic E-state index is 0.266. The van der Waals surface area contributed by atoms with Crippen molar-refractivity contribution in [2.45, 2.75) is 26.2 Å². The Morgan fingerprint density at radius 3 is 3.00 bits per heavy atom. The molecule has 1 heterocycles. The van der Waals surface area contributed by atoms with Crippen LogP contribution in [0.2, 0.25) is 0 Å². The number of nitrogens with zero attached hydrogens (tertiary/aromatic N) is 1. The maximum absolute atomic E-state index is 11.4. The lowest BCUT2D eigenvalue weighted by Gasteiger charge is -2.09. The molecule has 0 radical (unpaired) electrons. The zero-order valence-corrected chi connectivity index (χ0v) is 7.05. The van der Waals surface area contributed by atoms with Crippen LogP contribution in [0.15, 0.2) is 12.8 Å². The van der Waals surface area contributed by atoms with E-state index in [4.69, 9.17) is 0 Å². The maximum Gasteiger partial charge on any atom is 0.229 e. The maximum atomic E-state index is 11.4. The Morgan fingerprint density at radius 2 is 2.55 bits per heavy atom. The molecule has 1 unspecified atom stereocenters. The van der Waals surface area contributed by atoms with Gasteiger partial charge in [0.1, 0.15) is 0 Å². The summed E-state index contributed by atoms with van der Waals surface area (Å²) in [5, 5.41) is 0. The van der Waals surface area contributed by atoms with E-state index >= 15 is 0 Å². The lowest BCUT2D eigenvalue weighted by atomic mass is 10.0. The first-order valence-corrected chi connectivity index (χ1v) is 4.22. The summed E-state index contributed by atoms with van der Waals surface area (Å²) >= 11 is 0. The molecule has 0 aromatic rings. The molecule has 11 heavy (non-hydrogen) atoms. The van der Waals surface area contributed by atoms with E-state index in [0.717, 1.165) is 25.8 Å². The summed E-state index contributed by atoms with van der Waals surface area (Å²) in [6.45, 7) is 6.58. The summed E-state index contributed by atoms with van der Waals surface area (Å²) in [6, 6.07) is 0. The molecule has 1 rings (SSSR count). The highest BCUT2D eigenvalue weighted by atomic mass is 16.2. The summed E-state index contributed by atoms with van der Waals surface area (Å²) < 4.78 is 0. The van der Waals surface area contributed by atoms with Gasteiger partial charge < -0.3 is 4.90 Å². The standard InChI is InChI=1S/C9H15NO/c1-3-5-8-6-7-10(4-2)9(8)11/h4,8H,2-3,5-7H2,1H3. The highest BCUT2D eigenvalue weighted by molar-refractivity contribution is 5.81. The van der Waals surface area contributed by atoms with Crippen LogP contribution in [0.1, 0.15) is 26.2 Å². The molecule has 1 amide bonds. The first-order valence-electron chi connectivity index (χ1n) is 4.22. The Bertz CT molecular complexity index is 165. The molecular formula is C9H15NO. The predicted octanol–water partition coefficient (Wildman–Crippen LogP) is 1.78. The van der Waals surface area contributed by atoms with Crippen LogP contribution in [0.4, 0.5) is 0 Å². The SMILES string of the molecule is C=CN1CCC(CCC)C1=O.